The van der Waals surface area contributed by atoms with E-state index < -0.39 is 0 Å². The van der Waals surface area contributed by atoms with E-state index in [4.69, 9.17) is 0 Å². The van der Waals surface area contributed by atoms with E-state index in [1.165, 1.54) is 13.0 Å². The Balaban J connectivity index is 1.41. The van der Waals surface area contributed by atoms with Crippen LogP contribution in [0.1, 0.15) is 24.7 Å². The Kier molecular flexibility index (Phi) is 5.99. The molecule has 3 N–H and O–H groups in total. The molecule has 6 heteroatoms. The Morgan fingerprint density at radius 2 is 1.89 bits per heavy atom. The normalized spacial score (nSPS) is 11.0. The molecule has 1 aromatic heterocycles. The van der Waals surface area contributed by atoms with Crippen LogP contribution in [0.5, 0.6) is 0 Å². The molecule has 0 aliphatic heterocycles. The number of imidazole rings is 1. The van der Waals surface area contributed by atoms with Gasteiger partial charge >= 0.3 is 0 Å². The number of para-hydroxylation sites is 2. The molecule has 3 rings (SSSR count). The van der Waals surface area contributed by atoms with Crippen LogP contribution in [-0.4, -0.2) is 28.3 Å². The van der Waals surface area contributed by atoms with Gasteiger partial charge in [-0.25, -0.2) is 4.98 Å². The first-order valence-electron chi connectivity index (χ1n) is 8.87. The minimum absolute atomic E-state index is 0.111. The van der Waals surface area contributed by atoms with Crippen LogP contribution in [-0.2, 0) is 16.0 Å². The molecular formula is C21H22N4O2. The largest absolute Gasteiger partial charge is 0.353 e. The van der Waals surface area contributed by atoms with Crippen molar-refractivity contribution in [3.63, 3.8) is 0 Å². The summed E-state index contributed by atoms with van der Waals surface area (Å²) in [4.78, 5) is 30.7. The van der Waals surface area contributed by atoms with E-state index in [1.807, 2.05) is 36.4 Å². The van der Waals surface area contributed by atoms with Gasteiger partial charge in [0.15, 0.2) is 0 Å². The fourth-order valence-electron chi connectivity index (χ4n) is 2.70. The Bertz CT molecular complexity index is 925. The molecule has 0 saturated carbocycles. The second-order valence-corrected chi connectivity index (χ2v) is 6.23. The van der Waals surface area contributed by atoms with E-state index in [0.717, 1.165) is 41.0 Å². The first kappa shape index (κ1) is 18.4. The minimum atomic E-state index is -0.134. The summed E-state index contributed by atoms with van der Waals surface area (Å²) in [5.41, 5.74) is 3.61. The summed E-state index contributed by atoms with van der Waals surface area (Å²) >= 11 is 0. The topological polar surface area (TPSA) is 86.9 Å². The SMILES string of the molecule is CC(=O)Nc1ccc(/C=C/C(=O)NCCCc2nc3ccccc3[nH]2)cc1. The molecule has 0 aliphatic carbocycles. The van der Waals surface area contributed by atoms with Crippen LogP contribution in [0.3, 0.4) is 0 Å². The number of hydrogen-bond donors (Lipinski definition) is 3. The zero-order valence-corrected chi connectivity index (χ0v) is 15.2. The van der Waals surface area contributed by atoms with Gasteiger partial charge in [0.2, 0.25) is 11.8 Å². The van der Waals surface area contributed by atoms with Crippen LogP contribution in [0.25, 0.3) is 17.1 Å². The van der Waals surface area contributed by atoms with Crippen molar-refractivity contribution in [2.75, 3.05) is 11.9 Å². The maximum atomic E-state index is 11.9. The van der Waals surface area contributed by atoms with E-state index >= 15 is 0 Å². The Hall–Kier alpha value is -3.41. The van der Waals surface area contributed by atoms with Crippen LogP contribution >= 0.6 is 0 Å². The number of aromatic amines is 1. The van der Waals surface area contributed by atoms with E-state index in [0.29, 0.717) is 6.54 Å². The third-order valence-corrected chi connectivity index (χ3v) is 3.99. The number of nitrogens with zero attached hydrogens (tertiary/aromatic N) is 1. The fourth-order valence-corrected chi connectivity index (χ4v) is 2.70. The summed E-state index contributed by atoms with van der Waals surface area (Å²) in [7, 11) is 0. The van der Waals surface area contributed by atoms with Crippen LogP contribution in [0.2, 0.25) is 0 Å². The molecule has 0 saturated heterocycles. The number of rotatable bonds is 7. The van der Waals surface area contributed by atoms with Gasteiger partial charge in [-0.05, 0) is 42.3 Å². The zero-order chi connectivity index (χ0) is 19.1. The number of carbonyl (C=O) groups is 2. The van der Waals surface area contributed by atoms with Gasteiger partial charge in [0.05, 0.1) is 11.0 Å². The highest BCUT2D eigenvalue weighted by Crippen LogP contribution is 2.12. The van der Waals surface area contributed by atoms with E-state index in [2.05, 4.69) is 20.6 Å². The number of benzene rings is 2. The van der Waals surface area contributed by atoms with E-state index in [-0.39, 0.29) is 11.8 Å². The zero-order valence-electron chi connectivity index (χ0n) is 15.2. The lowest BCUT2D eigenvalue weighted by atomic mass is 10.2. The highest BCUT2D eigenvalue weighted by molar-refractivity contribution is 5.92. The number of H-pyrrole nitrogens is 1. The first-order valence-corrected chi connectivity index (χ1v) is 8.87. The molecule has 0 unspecified atom stereocenters. The van der Waals surface area contributed by atoms with Crippen LogP contribution in [0.4, 0.5) is 5.69 Å². The number of carbonyl (C=O) groups excluding carboxylic acids is 2. The molecule has 0 aliphatic rings. The van der Waals surface area contributed by atoms with Crippen molar-refractivity contribution in [2.45, 2.75) is 19.8 Å². The molecule has 1 heterocycles. The third-order valence-electron chi connectivity index (χ3n) is 3.99. The maximum Gasteiger partial charge on any atom is 0.243 e. The lowest BCUT2D eigenvalue weighted by Gasteiger charge is -2.02. The monoisotopic (exact) mass is 362 g/mol. The third kappa shape index (κ3) is 5.54. The maximum absolute atomic E-state index is 11.9. The highest BCUT2D eigenvalue weighted by atomic mass is 16.2. The Labute approximate surface area is 157 Å². The summed E-state index contributed by atoms with van der Waals surface area (Å²) in [6.07, 6.45) is 4.84. The molecule has 27 heavy (non-hydrogen) atoms. The average molecular weight is 362 g/mol. The Morgan fingerprint density at radius 3 is 2.63 bits per heavy atom. The predicted octanol–water partition coefficient (Wildman–Crippen LogP) is 3.28. The highest BCUT2D eigenvalue weighted by Gasteiger charge is 2.02. The molecular weight excluding hydrogens is 340 g/mol. The number of nitrogens with one attached hydrogen (secondary N) is 3. The van der Waals surface area contributed by atoms with Crippen molar-refractivity contribution in [1.29, 1.82) is 0 Å². The second kappa shape index (κ2) is 8.80. The fraction of sp³-hybridized carbons (Fsp3) is 0.190. The van der Waals surface area contributed by atoms with E-state index in [1.54, 1.807) is 18.2 Å². The number of amides is 2. The summed E-state index contributed by atoms with van der Waals surface area (Å²) in [6, 6.07) is 15.2. The standard InChI is InChI=1S/C21H22N4O2/c1-15(26)23-17-11-8-16(9-12-17)10-13-21(27)22-14-4-7-20-24-18-5-2-3-6-19(18)25-20/h2-3,5-6,8-13H,4,7,14H2,1H3,(H,22,27)(H,23,26)(H,24,25)/b13-10+. The molecule has 6 nitrogen and oxygen atoms in total. The van der Waals surface area contributed by atoms with Crippen molar-refractivity contribution in [2.24, 2.45) is 0 Å². The van der Waals surface area contributed by atoms with Crippen LogP contribution in [0, 0.1) is 0 Å². The predicted molar refractivity (Wildman–Crippen MR) is 107 cm³/mol. The van der Waals surface area contributed by atoms with Gasteiger partial charge < -0.3 is 15.6 Å². The van der Waals surface area contributed by atoms with Gasteiger partial charge in [-0.2, -0.15) is 0 Å². The van der Waals surface area contributed by atoms with Crippen molar-refractivity contribution in [1.82, 2.24) is 15.3 Å². The van der Waals surface area contributed by atoms with Crippen molar-refractivity contribution >= 4 is 34.6 Å². The van der Waals surface area contributed by atoms with Gasteiger partial charge in [0.25, 0.3) is 0 Å². The van der Waals surface area contributed by atoms with Gasteiger partial charge in [-0.15, -0.1) is 0 Å². The lowest BCUT2D eigenvalue weighted by Crippen LogP contribution is -2.22. The van der Waals surface area contributed by atoms with Crippen molar-refractivity contribution in [3.05, 3.63) is 66.0 Å². The quantitative estimate of drug-likeness (QED) is 0.445. The van der Waals surface area contributed by atoms with Gasteiger partial charge in [0, 0.05) is 31.7 Å². The summed E-state index contributed by atoms with van der Waals surface area (Å²) in [6.45, 7) is 2.05. The molecule has 2 amide bonds. The molecule has 0 radical (unpaired) electrons. The number of aryl methyl sites for hydroxylation is 1. The summed E-state index contributed by atoms with van der Waals surface area (Å²) in [5.74, 6) is 0.686. The molecule has 3 aromatic rings. The molecule has 0 fully saturated rings. The number of fused-ring (bicyclic) bond motifs is 1. The minimum Gasteiger partial charge on any atom is -0.353 e. The van der Waals surface area contributed by atoms with Crippen molar-refractivity contribution in [3.8, 4) is 0 Å². The van der Waals surface area contributed by atoms with Crippen molar-refractivity contribution < 1.29 is 9.59 Å². The number of anilines is 1. The van der Waals surface area contributed by atoms with Gasteiger partial charge in [-0.1, -0.05) is 24.3 Å². The average Bonchev–Trinajstić information content (AvgIpc) is 3.07. The smallest absolute Gasteiger partial charge is 0.243 e. The summed E-state index contributed by atoms with van der Waals surface area (Å²) in [5, 5.41) is 5.57. The van der Waals surface area contributed by atoms with Gasteiger partial charge in [0.1, 0.15) is 5.82 Å². The lowest BCUT2D eigenvalue weighted by molar-refractivity contribution is -0.116. The Morgan fingerprint density at radius 1 is 1.11 bits per heavy atom. The molecule has 0 spiro atoms. The van der Waals surface area contributed by atoms with E-state index in [9.17, 15) is 9.59 Å². The first-order chi connectivity index (χ1) is 13.1. The molecule has 2 aromatic carbocycles. The summed E-state index contributed by atoms with van der Waals surface area (Å²) < 4.78 is 0. The molecule has 138 valence electrons. The number of hydrogen-bond acceptors (Lipinski definition) is 3. The van der Waals surface area contributed by atoms with Crippen LogP contribution in [0.15, 0.2) is 54.6 Å². The van der Waals surface area contributed by atoms with Gasteiger partial charge in [-0.3, -0.25) is 9.59 Å². The number of aromatic nitrogens is 2. The second-order valence-electron chi connectivity index (χ2n) is 6.23. The molecule has 0 atom stereocenters. The van der Waals surface area contributed by atoms with Crippen LogP contribution < -0.4 is 10.6 Å². The molecule has 0 bridgehead atoms.